The summed E-state index contributed by atoms with van der Waals surface area (Å²) in [6.45, 7) is 2.70. The average Bonchev–Trinajstić information content (AvgIpc) is 2.72. The summed E-state index contributed by atoms with van der Waals surface area (Å²) < 4.78 is 26.0. The highest BCUT2D eigenvalue weighted by Gasteiger charge is 2.23. The Hall–Kier alpha value is -3.24. The first kappa shape index (κ1) is 24.0. The number of amides is 3. The van der Waals surface area contributed by atoms with Crippen LogP contribution in [0.25, 0.3) is 0 Å². The maximum Gasteiger partial charge on any atom is 0.253 e. The van der Waals surface area contributed by atoms with Crippen molar-refractivity contribution >= 4 is 27.7 Å². The normalized spacial score (nSPS) is 12.1. The monoisotopic (exact) mass is 446 g/mol. The van der Waals surface area contributed by atoms with Gasteiger partial charge < -0.3 is 5.32 Å². The van der Waals surface area contributed by atoms with Crippen LogP contribution in [0.1, 0.15) is 30.5 Å². The van der Waals surface area contributed by atoms with Gasteiger partial charge in [-0.3, -0.25) is 25.2 Å². The van der Waals surface area contributed by atoms with Gasteiger partial charge in [0.15, 0.2) is 0 Å². The molecule has 0 saturated heterocycles. The van der Waals surface area contributed by atoms with Gasteiger partial charge in [-0.15, -0.1) is 0 Å². The second-order valence-corrected chi connectivity index (χ2v) is 9.08. The van der Waals surface area contributed by atoms with E-state index in [0.29, 0.717) is 0 Å². The molecule has 0 fully saturated rings. The second-order valence-electron chi connectivity index (χ2n) is 7.04. The van der Waals surface area contributed by atoms with E-state index in [2.05, 4.69) is 16.2 Å². The Kier molecular flexibility index (Phi) is 8.29. The van der Waals surface area contributed by atoms with Crippen molar-refractivity contribution in [3.63, 3.8) is 0 Å². The third-order valence-electron chi connectivity index (χ3n) is 4.41. The molecule has 0 spiro atoms. The lowest BCUT2D eigenvalue weighted by Crippen LogP contribution is -2.47. The smallest absolute Gasteiger partial charge is 0.253 e. The number of carbonyl (C=O) groups is 3. The van der Waals surface area contributed by atoms with Gasteiger partial charge in [0, 0.05) is 14.0 Å². The van der Waals surface area contributed by atoms with E-state index in [1.165, 1.54) is 26.1 Å². The fourth-order valence-electron chi connectivity index (χ4n) is 2.78. The first-order valence-electron chi connectivity index (χ1n) is 9.52. The minimum absolute atomic E-state index is 0.0680. The van der Waals surface area contributed by atoms with Crippen molar-refractivity contribution in [3.8, 4) is 0 Å². The molecule has 9 nitrogen and oxygen atoms in total. The molecule has 2 aromatic rings. The van der Waals surface area contributed by atoms with Crippen molar-refractivity contribution < 1.29 is 22.8 Å². The molecule has 2 rings (SSSR count). The van der Waals surface area contributed by atoms with E-state index in [9.17, 15) is 22.8 Å². The van der Waals surface area contributed by atoms with E-state index in [1.54, 1.807) is 36.4 Å². The number of nitrogens with zero attached hydrogens (tertiary/aromatic N) is 1. The minimum Gasteiger partial charge on any atom is -0.349 e. The van der Waals surface area contributed by atoms with E-state index in [1.807, 2.05) is 13.0 Å². The third-order valence-corrected chi connectivity index (χ3v) is 6.22. The van der Waals surface area contributed by atoms with E-state index >= 15 is 0 Å². The number of hydrogen-bond donors (Lipinski definition) is 3. The highest BCUT2D eigenvalue weighted by atomic mass is 32.2. The van der Waals surface area contributed by atoms with Crippen LogP contribution < -0.4 is 16.2 Å². The highest BCUT2D eigenvalue weighted by molar-refractivity contribution is 7.89. The SMILES string of the molecule is CC(=O)NC(CC(=O)NNC(=O)CN(C)S(=O)(=O)c1ccc(C)cc1)c1ccccc1. The fraction of sp³-hybridized carbons (Fsp3) is 0.286. The number of hydrazine groups is 1. The average molecular weight is 447 g/mol. The summed E-state index contributed by atoms with van der Waals surface area (Å²) in [6, 6.07) is 14.6. The van der Waals surface area contributed by atoms with Crippen LogP contribution in [0.15, 0.2) is 59.5 Å². The van der Waals surface area contributed by atoms with Crippen molar-refractivity contribution in [1.82, 2.24) is 20.5 Å². The summed E-state index contributed by atoms with van der Waals surface area (Å²) in [5, 5.41) is 2.69. The van der Waals surface area contributed by atoms with E-state index in [-0.39, 0.29) is 17.2 Å². The molecule has 2 aromatic carbocycles. The number of nitrogens with one attached hydrogen (secondary N) is 3. The predicted octanol–water partition coefficient (Wildman–Crippen LogP) is 1.03. The summed E-state index contributed by atoms with van der Waals surface area (Å²) in [6.07, 6.45) is -0.110. The Morgan fingerprint density at radius 2 is 1.52 bits per heavy atom. The van der Waals surface area contributed by atoms with Gasteiger partial charge in [0.25, 0.3) is 5.91 Å². The van der Waals surface area contributed by atoms with Crippen molar-refractivity contribution in [1.29, 1.82) is 0 Å². The van der Waals surface area contributed by atoms with Crippen molar-refractivity contribution in [2.45, 2.75) is 31.2 Å². The molecular formula is C21H26N4O5S. The molecule has 0 saturated carbocycles. The molecule has 0 bridgehead atoms. The Labute approximate surface area is 181 Å². The van der Waals surface area contributed by atoms with Crippen LogP contribution in [-0.4, -0.2) is 44.0 Å². The maximum atomic E-state index is 12.5. The lowest BCUT2D eigenvalue weighted by atomic mass is 10.0. The molecule has 0 aliphatic rings. The molecule has 0 heterocycles. The highest BCUT2D eigenvalue weighted by Crippen LogP contribution is 2.16. The van der Waals surface area contributed by atoms with Crippen LogP contribution in [0.3, 0.4) is 0 Å². The molecule has 0 aliphatic heterocycles. The molecule has 1 unspecified atom stereocenters. The van der Waals surface area contributed by atoms with Gasteiger partial charge in [-0.05, 0) is 24.6 Å². The molecule has 3 N–H and O–H groups in total. The van der Waals surface area contributed by atoms with E-state index < -0.39 is 34.4 Å². The standard InChI is InChI=1S/C21H26N4O5S/c1-15-9-11-18(12-10-15)31(29,30)25(3)14-21(28)24-23-20(27)13-19(22-16(2)26)17-7-5-4-6-8-17/h4-12,19H,13-14H2,1-3H3,(H,22,26)(H,23,27)(H,24,28). The van der Waals surface area contributed by atoms with Gasteiger partial charge in [0.1, 0.15) is 0 Å². The molecule has 3 amide bonds. The first-order valence-corrected chi connectivity index (χ1v) is 11.0. The molecule has 0 radical (unpaired) electrons. The number of benzene rings is 2. The lowest BCUT2D eigenvalue weighted by molar-refractivity contribution is -0.129. The Balaban J connectivity index is 1.91. The maximum absolute atomic E-state index is 12.5. The number of carbonyl (C=O) groups excluding carboxylic acids is 3. The molecule has 0 aromatic heterocycles. The van der Waals surface area contributed by atoms with E-state index in [4.69, 9.17) is 0 Å². The summed E-state index contributed by atoms with van der Waals surface area (Å²) in [5.74, 6) is -1.55. The zero-order chi connectivity index (χ0) is 23.0. The molecule has 10 heteroatoms. The number of likely N-dealkylation sites (N-methyl/N-ethyl adjacent to an activating group) is 1. The zero-order valence-electron chi connectivity index (χ0n) is 17.6. The molecule has 1 atom stereocenters. The Morgan fingerprint density at radius 3 is 2.10 bits per heavy atom. The first-order chi connectivity index (χ1) is 14.6. The third kappa shape index (κ3) is 7.19. The quantitative estimate of drug-likeness (QED) is 0.523. The van der Waals surface area contributed by atoms with Crippen LogP contribution in [0.4, 0.5) is 0 Å². The van der Waals surface area contributed by atoms with Crippen molar-refractivity contribution in [2.24, 2.45) is 0 Å². The summed E-state index contributed by atoms with van der Waals surface area (Å²) in [5.41, 5.74) is 6.10. The van der Waals surface area contributed by atoms with Crippen LogP contribution in [0, 0.1) is 6.92 Å². The zero-order valence-corrected chi connectivity index (χ0v) is 18.4. The predicted molar refractivity (Wildman–Crippen MR) is 115 cm³/mol. The van der Waals surface area contributed by atoms with Gasteiger partial charge in [-0.2, -0.15) is 4.31 Å². The van der Waals surface area contributed by atoms with Gasteiger partial charge in [0.05, 0.1) is 23.9 Å². The van der Waals surface area contributed by atoms with Crippen LogP contribution in [0.2, 0.25) is 0 Å². The largest absolute Gasteiger partial charge is 0.349 e. The van der Waals surface area contributed by atoms with Crippen LogP contribution >= 0.6 is 0 Å². The van der Waals surface area contributed by atoms with Gasteiger partial charge in [-0.1, -0.05) is 48.0 Å². The van der Waals surface area contributed by atoms with Gasteiger partial charge in [0.2, 0.25) is 21.8 Å². The topological polar surface area (TPSA) is 125 Å². The van der Waals surface area contributed by atoms with Crippen LogP contribution in [0.5, 0.6) is 0 Å². The Bertz CT molecular complexity index is 1020. The molecular weight excluding hydrogens is 420 g/mol. The van der Waals surface area contributed by atoms with Crippen LogP contribution in [-0.2, 0) is 24.4 Å². The number of rotatable bonds is 8. The molecule has 31 heavy (non-hydrogen) atoms. The van der Waals surface area contributed by atoms with Crippen molar-refractivity contribution in [3.05, 3.63) is 65.7 Å². The number of hydrogen-bond acceptors (Lipinski definition) is 5. The van der Waals surface area contributed by atoms with Gasteiger partial charge in [-0.25, -0.2) is 8.42 Å². The van der Waals surface area contributed by atoms with Gasteiger partial charge >= 0.3 is 0 Å². The van der Waals surface area contributed by atoms with Crippen molar-refractivity contribution in [2.75, 3.05) is 13.6 Å². The minimum atomic E-state index is -3.85. The Morgan fingerprint density at radius 1 is 0.935 bits per heavy atom. The lowest BCUT2D eigenvalue weighted by Gasteiger charge is -2.19. The fourth-order valence-corrected chi connectivity index (χ4v) is 3.90. The summed E-state index contributed by atoms with van der Waals surface area (Å²) in [7, 11) is -2.57. The summed E-state index contributed by atoms with van der Waals surface area (Å²) >= 11 is 0. The number of aryl methyl sites for hydroxylation is 1. The van der Waals surface area contributed by atoms with E-state index in [0.717, 1.165) is 15.4 Å². The molecule has 166 valence electrons. The number of sulfonamides is 1. The molecule has 0 aliphatic carbocycles. The second kappa shape index (κ2) is 10.7. The summed E-state index contributed by atoms with van der Waals surface area (Å²) in [4.78, 5) is 35.9.